The minimum absolute atomic E-state index is 0.00620. The van der Waals surface area contributed by atoms with Crippen molar-refractivity contribution >= 4 is 17.4 Å². The van der Waals surface area contributed by atoms with Crippen LogP contribution in [0.25, 0.3) is 0 Å². The van der Waals surface area contributed by atoms with Crippen LogP contribution in [0, 0.1) is 15.5 Å². The highest BCUT2D eigenvalue weighted by Crippen LogP contribution is 2.47. The van der Waals surface area contributed by atoms with Gasteiger partial charge in [0.25, 0.3) is 11.6 Å². The van der Waals surface area contributed by atoms with Gasteiger partial charge in [0, 0.05) is 60.1 Å². The van der Waals surface area contributed by atoms with Gasteiger partial charge < -0.3 is 10.2 Å². The number of hydrogen-bond donors (Lipinski definition) is 1. The van der Waals surface area contributed by atoms with Crippen molar-refractivity contribution < 1.29 is 14.5 Å². The number of allylic oxidation sites excluding steroid dienone is 3. The van der Waals surface area contributed by atoms with E-state index in [4.69, 9.17) is 0 Å². The van der Waals surface area contributed by atoms with Crippen molar-refractivity contribution in [1.29, 1.82) is 0 Å². The Labute approximate surface area is 182 Å². The van der Waals surface area contributed by atoms with Crippen molar-refractivity contribution in [2.75, 3.05) is 13.1 Å². The van der Waals surface area contributed by atoms with Crippen LogP contribution < -0.4 is 5.32 Å². The molecule has 2 heterocycles. The number of amides is 1. The maximum atomic E-state index is 13.6. The number of Topliss-reactive ketones (excluding diaryl/α,β-unsaturated/α-hetero) is 1. The van der Waals surface area contributed by atoms with Crippen molar-refractivity contribution in [3.8, 4) is 0 Å². The van der Waals surface area contributed by atoms with Crippen LogP contribution >= 0.6 is 0 Å². The molecule has 1 aromatic rings. The molecule has 7 heteroatoms. The summed E-state index contributed by atoms with van der Waals surface area (Å²) in [6.45, 7) is 7.39. The minimum Gasteiger partial charge on any atom is -0.362 e. The fourth-order valence-corrected chi connectivity index (χ4v) is 5.14. The number of nitrogens with zero attached hydrogens (tertiary/aromatic N) is 2. The van der Waals surface area contributed by atoms with Gasteiger partial charge in [-0.25, -0.2) is 0 Å². The summed E-state index contributed by atoms with van der Waals surface area (Å²) in [7, 11) is 0. The number of ketones is 1. The lowest BCUT2D eigenvalue weighted by atomic mass is 9.68. The van der Waals surface area contributed by atoms with Crippen molar-refractivity contribution in [2.45, 2.75) is 58.8 Å². The van der Waals surface area contributed by atoms with Gasteiger partial charge in [-0.05, 0) is 43.6 Å². The third-order valence-corrected chi connectivity index (χ3v) is 6.53. The summed E-state index contributed by atoms with van der Waals surface area (Å²) < 4.78 is 0. The van der Waals surface area contributed by atoms with E-state index < -0.39 is 10.8 Å². The number of nitrogens with one attached hydrogen (secondary N) is 1. The molecular weight excluding hydrogens is 394 g/mol. The molecule has 3 aliphatic rings. The zero-order valence-corrected chi connectivity index (χ0v) is 18.4. The summed E-state index contributed by atoms with van der Waals surface area (Å²) in [5.41, 5.74) is 3.10. The monoisotopic (exact) mass is 423 g/mol. The minimum atomic E-state index is -0.589. The molecule has 164 valence electrons. The predicted molar refractivity (Wildman–Crippen MR) is 117 cm³/mol. The molecule has 1 atom stereocenters. The Hall–Kier alpha value is -2.96. The molecule has 0 spiro atoms. The molecule has 0 saturated carbocycles. The van der Waals surface area contributed by atoms with Gasteiger partial charge in [0.05, 0.1) is 4.92 Å². The molecule has 2 aliphatic heterocycles. The Kier molecular flexibility index (Phi) is 5.45. The normalized spacial score (nSPS) is 23.4. The number of nitro benzene ring substituents is 1. The molecule has 1 saturated heterocycles. The maximum absolute atomic E-state index is 13.6. The van der Waals surface area contributed by atoms with Crippen molar-refractivity contribution in [2.24, 2.45) is 5.41 Å². The zero-order chi connectivity index (χ0) is 22.3. The first kappa shape index (κ1) is 21.3. The van der Waals surface area contributed by atoms with E-state index in [0.29, 0.717) is 42.6 Å². The Morgan fingerprint density at radius 2 is 1.90 bits per heavy atom. The van der Waals surface area contributed by atoms with Gasteiger partial charge in [0.15, 0.2) is 5.78 Å². The number of non-ortho nitro benzene ring substituents is 1. The van der Waals surface area contributed by atoms with Crippen molar-refractivity contribution in [1.82, 2.24) is 10.2 Å². The van der Waals surface area contributed by atoms with Crippen LogP contribution in [0.5, 0.6) is 0 Å². The van der Waals surface area contributed by atoms with Gasteiger partial charge in [-0.15, -0.1) is 0 Å². The van der Waals surface area contributed by atoms with Crippen molar-refractivity contribution in [3.63, 3.8) is 0 Å². The molecular formula is C24H29N3O4. The molecule has 4 rings (SSSR count). The van der Waals surface area contributed by atoms with Crippen LogP contribution in [-0.4, -0.2) is 34.6 Å². The maximum Gasteiger partial charge on any atom is 0.269 e. The van der Waals surface area contributed by atoms with Crippen LogP contribution in [0.1, 0.15) is 64.4 Å². The molecule has 1 aliphatic carbocycles. The first-order chi connectivity index (χ1) is 14.7. The van der Waals surface area contributed by atoms with E-state index in [1.54, 1.807) is 12.1 Å². The standard InChI is InChI=1S/C24H29N3O4/c1-15-20(23(29)26-10-5-4-6-11-26)21(16-8-7-9-17(12-16)27(30)31)22-18(25-15)13-24(2,3)14-19(22)28/h7-9,12,21,25H,4-6,10-11,13-14H2,1-3H3/t21-/m0/s1. The number of hydrogen-bond acceptors (Lipinski definition) is 5. The van der Waals surface area contributed by atoms with Crippen LogP contribution in [0.15, 0.2) is 46.8 Å². The topological polar surface area (TPSA) is 92.6 Å². The van der Waals surface area contributed by atoms with Gasteiger partial charge in [-0.1, -0.05) is 26.0 Å². The Morgan fingerprint density at radius 3 is 2.58 bits per heavy atom. The largest absolute Gasteiger partial charge is 0.362 e. The fourth-order valence-electron chi connectivity index (χ4n) is 5.14. The zero-order valence-electron chi connectivity index (χ0n) is 18.4. The quantitative estimate of drug-likeness (QED) is 0.581. The van der Waals surface area contributed by atoms with Gasteiger partial charge >= 0.3 is 0 Å². The van der Waals surface area contributed by atoms with Crippen LogP contribution in [0.2, 0.25) is 0 Å². The van der Waals surface area contributed by atoms with E-state index in [9.17, 15) is 19.7 Å². The van der Waals surface area contributed by atoms with Crippen LogP contribution in [0.4, 0.5) is 5.69 Å². The summed E-state index contributed by atoms with van der Waals surface area (Å²) >= 11 is 0. The summed E-state index contributed by atoms with van der Waals surface area (Å²) in [5, 5.41) is 14.8. The third-order valence-electron chi connectivity index (χ3n) is 6.53. The van der Waals surface area contributed by atoms with Gasteiger partial charge in [-0.3, -0.25) is 19.7 Å². The Morgan fingerprint density at radius 1 is 1.19 bits per heavy atom. The summed E-state index contributed by atoms with van der Waals surface area (Å²) in [6, 6.07) is 6.36. The third kappa shape index (κ3) is 4.01. The molecule has 1 amide bonds. The summed E-state index contributed by atoms with van der Waals surface area (Å²) in [6.07, 6.45) is 4.13. The van der Waals surface area contributed by atoms with Gasteiger partial charge in [0.2, 0.25) is 0 Å². The summed E-state index contributed by atoms with van der Waals surface area (Å²) in [4.78, 5) is 39.8. The van der Waals surface area contributed by atoms with E-state index in [2.05, 4.69) is 19.2 Å². The number of dihydropyridines is 1. The lowest BCUT2D eigenvalue weighted by molar-refractivity contribution is -0.384. The lowest BCUT2D eigenvalue weighted by Gasteiger charge is -2.41. The second-order valence-corrected chi connectivity index (χ2v) is 9.63. The average molecular weight is 424 g/mol. The molecule has 31 heavy (non-hydrogen) atoms. The van der Waals surface area contributed by atoms with Gasteiger partial charge in [0.1, 0.15) is 0 Å². The van der Waals surface area contributed by atoms with Crippen molar-refractivity contribution in [3.05, 3.63) is 62.5 Å². The highest BCUT2D eigenvalue weighted by molar-refractivity contribution is 6.05. The summed E-state index contributed by atoms with van der Waals surface area (Å²) in [5.74, 6) is -0.661. The number of carbonyl (C=O) groups is 2. The number of benzene rings is 1. The molecule has 1 fully saturated rings. The van der Waals surface area contributed by atoms with Crippen LogP contribution in [-0.2, 0) is 9.59 Å². The second-order valence-electron chi connectivity index (χ2n) is 9.63. The SMILES string of the molecule is CC1=C(C(=O)N2CCCCC2)[C@H](c2cccc([N+](=O)[O-])c2)C2=C(CC(C)(C)CC2=O)N1. The molecule has 7 nitrogen and oxygen atoms in total. The first-order valence-corrected chi connectivity index (χ1v) is 11.0. The molecule has 0 unspecified atom stereocenters. The lowest BCUT2D eigenvalue weighted by Crippen LogP contribution is -2.43. The second kappa shape index (κ2) is 7.94. The smallest absolute Gasteiger partial charge is 0.269 e. The highest BCUT2D eigenvalue weighted by atomic mass is 16.6. The van der Waals surface area contributed by atoms with Gasteiger partial charge in [-0.2, -0.15) is 0 Å². The molecule has 0 aromatic heterocycles. The van der Waals surface area contributed by atoms with E-state index >= 15 is 0 Å². The predicted octanol–water partition coefficient (Wildman–Crippen LogP) is 4.21. The molecule has 1 N–H and O–H groups in total. The molecule has 0 bridgehead atoms. The van der Waals surface area contributed by atoms with E-state index in [1.165, 1.54) is 12.1 Å². The fraction of sp³-hybridized carbons (Fsp3) is 0.500. The number of piperidine rings is 1. The number of nitro groups is 1. The van der Waals surface area contributed by atoms with E-state index in [1.807, 2.05) is 11.8 Å². The Balaban J connectivity index is 1.86. The average Bonchev–Trinajstić information content (AvgIpc) is 2.72. The first-order valence-electron chi connectivity index (χ1n) is 11.0. The Bertz CT molecular complexity index is 1020. The molecule has 1 aromatic carbocycles. The van der Waals surface area contributed by atoms with Crippen LogP contribution in [0.3, 0.4) is 0 Å². The number of carbonyl (C=O) groups excluding carboxylic acids is 2. The highest BCUT2D eigenvalue weighted by Gasteiger charge is 2.43. The van der Waals surface area contributed by atoms with E-state index in [0.717, 1.165) is 30.7 Å². The number of rotatable bonds is 3. The van der Waals surface area contributed by atoms with E-state index in [-0.39, 0.29) is 22.8 Å². The number of likely N-dealkylation sites (tertiary alicyclic amines) is 1. The molecule has 0 radical (unpaired) electrons.